The van der Waals surface area contributed by atoms with Crippen molar-refractivity contribution in [2.24, 2.45) is 5.92 Å². The fourth-order valence-electron chi connectivity index (χ4n) is 8.67. The quantitative estimate of drug-likeness (QED) is 0.0576. The highest BCUT2D eigenvalue weighted by Crippen LogP contribution is 2.33. The third-order valence-electron chi connectivity index (χ3n) is 12.0. The second kappa shape index (κ2) is 21.8. The van der Waals surface area contributed by atoms with Gasteiger partial charge in [0.05, 0.1) is 37.4 Å². The number of nitrogens with one attached hydrogen (secondary N) is 2. The molecule has 0 aliphatic heterocycles. The Hall–Kier alpha value is -4.88. The molecule has 7 rings (SSSR count). The van der Waals surface area contributed by atoms with Gasteiger partial charge in [-0.3, -0.25) is 4.79 Å². The molecule has 6 atom stereocenters. The van der Waals surface area contributed by atoms with Crippen LogP contribution in [0.1, 0.15) is 108 Å². The Morgan fingerprint density at radius 2 is 1.21 bits per heavy atom. The number of halogens is 4. The fourth-order valence-corrected chi connectivity index (χ4v) is 8.67. The molecule has 61 heavy (non-hydrogen) atoms. The number of rotatable bonds is 16. The summed E-state index contributed by atoms with van der Waals surface area (Å²) >= 11 is 0. The summed E-state index contributed by atoms with van der Waals surface area (Å²) in [5.41, 5.74) is 8.54. The molecule has 2 aliphatic carbocycles. The molecule has 0 saturated heterocycles. The number of esters is 1. The highest BCUT2D eigenvalue weighted by molar-refractivity contribution is 5.73. The Kier molecular flexibility index (Phi) is 16.3. The lowest BCUT2D eigenvalue weighted by atomic mass is 9.86. The van der Waals surface area contributed by atoms with Crippen molar-refractivity contribution in [3.8, 4) is 0 Å². The van der Waals surface area contributed by atoms with Gasteiger partial charge in [-0.1, -0.05) is 50.2 Å². The number of aromatic nitrogens is 1. The van der Waals surface area contributed by atoms with Crippen LogP contribution in [0.4, 0.5) is 17.6 Å². The van der Waals surface area contributed by atoms with Gasteiger partial charge in [0, 0.05) is 37.3 Å². The van der Waals surface area contributed by atoms with Crippen LogP contribution in [0.25, 0.3) is 0 Å². The van der Waals surface area contributed by atoms with Crippen LogP contribution in [0.3, 0.4) is 0 Å². The monoisotopic (exact) mass is 843 g/mol. The number of aliphatic hydroxyl groups excluding tert-OH is 2. The second-order valence-electron chi connectivity index (χ2n) is 16.2. The van der Waals surface area contributed by atoms with E-state index in [1.54, 1.807) is 0 Å². The molecule has 0 bridgehead atoms. The number of nitrogens with zero attached hydrogens (tertiary/aromatic N) is 1. The molecule has 0 amide bonds. The molecule has 1 heterocycles. The number of aryl methyl sites for hydroxylation is 4. The lowest BCUT2D eigenvalue weighted by Crippen LogP contribution is -2.40. The van der Waals surface area contributed by atoms with Crippen LogP contribution in [0, 0.1) is 29.2 Å². The molecular weight excluding hydrogens is 787 g/mol. The maximum atomic E-state index is 13.7. The highest BCUT2D eigenvalue weighted by atomic mass is 19.1. The summed E-state index contributed by atoms with van der Waals surface area (Å²) in [6.45, 7) is 4.77. The summed E-state index contributed by atoms with van der Waals surface area (Å²) < 4.78 is 64.6. The van der Waals surface area contributed by atoms with Crippen molar-refractivity contribution in [3.05, 3.63) is 159 Å². The molecule has 4 N–H and O–H groups in total. The van der Waals surface area contributed by atoms with Crippen molar-refractivity contribution < 1.29 is 41.7 Å². The fraction of sp³-hybridized carbons (Fsp3) is 0.429. The number of oxazole rings is 1. The number of methoxy groups -OCH3 is 1. The van der Waals surface area contributed by atoms with E-state index in [0.717, 1.165) is 63.5 Å². The Morgan fingerprint density at radius 1 is 0.721 bits per heavy atom. The summed E-state index contributed by atoms with van der Waals surface area (Å²) in [4.78, 5) is 16.5. The minimum atomic E-state index is -1.05. The molecular formula is C49H57F4N3O5. The van der Waals surface area contributed by atoms with E-state index in [4.69, 9.17) is 9.15 Å². The Bertz CT molecular complexity index is 2160. The van der Waals surface area contributed by atoms with Crippen LogP contribution >= 0.6 is 0 Å². The van der Waals surface area contributed by atoms with E-state index in [0.29, 0.717) is 23.6 Å². The molecule has 0 radical (unpaired) electrons. The summed E-state index contributed by atoms with van der Waals surface area (Å²) in [6.07, 6.45) is 9.44. The molecule has 12 heteroatoms. The van der Waals surface area contributed by atoms with Crippen molar-refractivity contribution >= 4 is 5.97 Å². The predicted molar refractivity (Wildman–Crippen MR) is 226 cm³/mol. The van der Waals surface area contributed by atoms with Crippen molar-refractivity contribution in [1.82, 2.24) is 15.6 Å². The smallest absolute Gasteiger partial charge is 0.311 e. The molecule has 6 unspecified atom stereocenters. The first kappa shape index (κ1) is 45.6. The minimum Gasteiger partial charge on any atom is -0.469 e. The van der Waals surface area contributed by atoms with Crippen LogP contribution in [-0.2, 0) is 48.1 Å². The van der Waals surface area contributed by atoms with E-state index < -0.39 is 53.3 Å². The number of hydrogen-bond donors (Lipinski definition) is 4. The maximum absolute atomic E-state index is 13.7. The highest BCUT2D eigenvalue weighted by Gasteiger charge is 2.31. The maximum Gasteiger partial charge on any atom is 0.311 e. The van der Waals surface area contributed by atoms with E-state index in [-0.39, 0.29) is 31.5 Å². The molecule has 0 fully saturated rings. The van der Waals surface area contributed by atoms with Crippen LogP contribution in [0.2, 0.25) is 0 Å². The first-order valence-corrected chi connectivity index (χ1v) is 21.4. The van der Waals surface area contributed by atoms with Crippen molar-refractivity contribution in [2.45, 2.75) is 108 Å². The van der Waals surface area contributed by atoms with E-state index in [2.05, 4.69) is 65.9 Å². The molecule has 8 nitrogen and oxygen atoms in total. The number of carbonyl (C=O) groups excluding carboxylic acids is 1. The van der Waals surface area contributed by atoms with Crippen molar-refractivity contribution in [1.29, 1.82) is 0 Å². The van der Waals surface area contributed by atoms with E-state index in [1.807, 2.05) is 0 Å². The normalized spacial score (nSPS) is 17.9. The lowest BCUT2D eigenvalue weighted by Gasteiger charge is -2.29. The van der Waals surface area contributed by atoms with Gasteiger partial charge in [0.2, 0.25) is 0 Å². The lowest BCUT2D eigenvalue weighted by molar-refractivity contribution is -0.149. The molecule has 326 valence electrons. The second-order valence-corrected chi connectivity index (χ2v) is 16.2. The zero-order valence-electron chi connectivity index (χ0n) is 35.1. The molecule has 0 saturated carbocycles. The Balaban J connectivity index is 0.000000204. The van der Waals surface area contributed by atoms with Crippen LogP contribution in [-0.4, -0.2) is 53.6 Å². The molecule has 4 aromatic carbocycles. The largest absolute Gasteiger partial charge is 0.469 e. The number of fused-ring (bicyclic) bond motifs is 2. The third-order valence-corrected chi connectivity index (χ3v) is 12.0. The van der Waals surface area contributed by atoms with Gasteiger partial charge < -0.3 is 30.0 Å². The SMILES string of the molecule is CCc1ccc2c(c1)C(NCC(O)C(Cc1cc(F)cc(F)c1)C(=O)OC)CCC2.CCc1ccc2c(c1)C(NCC(O)C(Cc1cc(F)cc(F)c1)c1ncco1)CCC2. The first-order valence-electron chi connectivity index (χ1n) is 21.4. The van der Waals surface area contributed by atoms with Crippen LogP contribution in [0.5, 0.6) is 0 Å². The molecule has 1 aromatic heterocycles. The van der Waals surface area contributed by atoms with Crippen molar-refractivity contribution in [2.75, 3.05) is 20.2 Å². The number of benzene rings is 4. The van der Waals surface area contributed by atoms with Gasteiger partial charge >= 0.3 is 5.97 Å². The summed E-state index contributed by atoms with van der Waals surface area (Å²) in [5, 5.41) is 28.7. The van der Waals surface area contributed by atoms with Gasteiger partial charge in [-0.15, -0.1) is 0 Å². The van der Waals surface area contributed by atoms with Gasteiger partial charge in [0.1, 0.15) is 29.5 Å². The topological polar surface area (TPSA) is 117 Å². The van der Waals surface area contributed by atoms with Gasteiger partial charge in [-0.05, 0) is 133 Å². The zero-order valence-corrected chi connectivity index (χ0v) is 35.1. The number of aliphatic hydroxyl groups is 2. The molecule has 5 aromatic rings. The third kappa shape index (κ3) is 12.4. The standard InChI is InChI=1S/C25H28F2N2O2.C24H29F2NO3/c1-2-16-6-7-18-4-3-5-23(21(18)12-16)29-15-24(30)22(25-28-8-9-31-25)13-17-10-19(26)14-20(27)11-17;1-3-15-7-8-17-5-4-6-22(20(17)11-15)27-14-23(28)21(24(29)30-2)12-16-9-18(25)13-19(26)10-16/h6-12,14,22-24,29-30H,2-5,13,15H2,1H3;7-11,13,21-23,27-28H,3-6,12,14H2,1-2H3. The number of ether oxygens (including phenoxy) is 1. The van der Waals surface area contributed by atoms with Gasteiger partial charge in [0.15, 0.2) is 5.89 Å². The predicted octanol–water partition coefficient (Wildman–Crippen LogP) is 8.76. The number of carbonyl (C=O) groups is 1. The van der Waals surface area contributed by atoms with Crippen molar-refractivity contribution in [3.63, 3.8) is 0 Å². The average molecular weight is 844 g/mol. The van der Waals surface area contributed by atoms with Gasteiger partial charge in [0.25, 0.3) is 0 Å². The van der Waals surface area contributed by atoms with E-state index in [9.17, 15) is 32.6 Å². The molecule has 2 aliphatic rings. The van der Waals surface area contributed by atoms with Crippen LogP contribution < -0.4 is 10.6 Å². The minimum absolute atomic E-state index is 0.00850. The van der Waals surface area contributed by atoms with E-state index in [1.165, 1.54) is 77.2 Å². The number of hydrogen-bond acceptors (Lipinski definition) is 8. The van der Waals surface area contributed by atoms with Crippen LogP contribution in [0.15, 0.2) is 89.7 Å². The molecule has 0 spiro atoms. The Labute approximate surface area is 355 Å². The average Bonchev–Trinajstić information content (AvgIpc) is 3.79. The van der Waals surface area contributed by atoms with Gasteiger partial charge in [-0.2, -0.15) is 0 Å². The summed E-state index contributed by atoms with van der Waals surface area (Å²) in [5.74, 6) is -4.40. The summed E-state index contributed by atoms with van der Waals surface area (Å²) in [7, 11) is 1.24. The van der Waals surface area contributed by atoms with E-state index >= 15 is 0 Å². The Morgan fingerprint density at radius 3 is 1.67 bits per heavy atom. The first-order chi connectivity index (χ1) is 29.4. The summed E-state index contributed by atoms with van der Waals surface area (Å²) in [6, 6.07) is 20.0. The zero-order chi connectivity index (χ0) is 43.5. The van der Waals surface area contributed by atoms with Gasteiger partial charge in [-0.25, -0.2) is 22.5 Å².